The minimum Gasteiger partial charge on any atom is -0.460 e. The van der Waals surface area contributed by atoms with E-state index >= 15 is 0 Å². The molecule has 2 N–H and O–H groups in total. The minimum atomic E-state index is -3.58. The highest BCUT2D eigenvalue weighted by Gasteiger charge is 2.20. The molecular weight excluding hydrogens is 302 g/mol. The summed E-state index contributed by atoms with van der Waals surface area (Å²) in [4.78, 5) is 12.0. The molecule has 0 saturated carbocycles. The molecule has 0 heterocycles. The fourth-order valence-corrected chi connectivity index (χ4v) is 3.05. The summed E-state index contributed by atoms with van der Waals surface area (Å²) in [6, 6.07) is 7.37. The number of hydrogen-bond donors (Lipinski definition) is 1. The molecule has 0 amide bonds. The lowest BCUT2D eigenvalue weighted by Gasteiger charge is -2.20. The van der Waals surface area contributed by atoms with Gasteiger partial charge >= 0.3 is 5.97 Å². The van der Waals surface area contributed by atoms with Crippen LogP contribution in [0.5, 0.6) is 0 Å². The largest absolute Gasteiger partial charge is 0.460 e. The quantitative estimate of drug-likeness (QED) is 0.840. The van der Waals surface area contributed by atoms with Crippen molar-refractivity contribution in [1.82, 2.24) is 0 Å². The summed E-state index contributed by atoms with van der Waals surface area (Å²) < 4.78 is 29.8. The van der Waals surface area contributed by atoms with Crippen molar-refractivity contribution in [2.45, 2.75) is 50.7 Å². The standard InChI is InChI=1S/C16H23NO4S/c1-12(22(19,20)14-8-6-5-7-9-14)10-13(17)11-15(18)21-16(2,3)4/h5-10,13H,11,17H2,1-4H3/b12-10+/t13-/m1/s1. The van der Waals surface area contributed by atoms with Gasteiger partial charge in [-0.05, 0) is 39.8 Å². The zero-order valence-electron chi connectivity index (χ0n) is 13.4. The molecule has 6 heteroatoms. The number of rotatable bonds is 5. The van der Waals surface area contributed by atoms with Crippen LogP contribution >= 0.6 is 0 Å². The van der Waals surface area contributed by atoms with Gasteiger partial charge in [-0.2, -0.15) is 0 Å². The third-order valence-electron chi connectivity index (χ3n) is 2.75. The Morgan fingerprint density at radius 3 is 2.32 bits per heavy atom. The maximum absolute atomic E-state index is 12.3. The highest BCUT2D eigenvalue weighted by atomic mass is 32.2. The third-order valence-corrected chi connectivity index (χ3v) is 4.63. The molecule has 22 heavy (non-hydrogen) atoms. The lowest BCUT2D eigenvalue weighted by atomic mass is 10.1. The molecule has 1 rings (SSSR count). The van der Waals surface area contributed by atoms with Crippen molar-refractivity contribution in [1.29, 1.82) is 0 Å². The van der Waals surface area contributed by atoms with E-state index in [0.29, 0.717) is 0 Å². The van der Waals surface area contributed by atoms with Crippen LogP contribution in [0, 0.1) is 0 Å². The van der Waals surface area contributed by atoms with Gasteiger partial charge in [0.15, 0.2) is 0 Å². The van der Waals surface area contributed by atoms with E-state index in [1.165, 1.54) is 25.1 Å². The highest BCUT2D eigenvalue weighted by Crippen LogP contribution is 2.19. The molecule has 0 aliphatic rings. The Bertz CT molecular complexity index is 642. The van der Waals surface area contributed by atoms with Gasteiger partial charge in [0.2, 0.25) is 9.84 Å². The number of esters is 1. The number of sulfone groups is 1. The normalized spacial score (nSPS) is 14.5. The van der Waals surface area contributed by atoms with Gasteiger partial charge in [0.05, 0.1) is 11.3 Å². The van der Waals surface area contributed by atoms with Gasteiger partial charge in [0.25, 0.3) is 0 Å². The van der Waals surface area contributed by atoms with Crippen LogP contribution in [0.15, 0.2) is 46.2 Å². The number of carbonyl (C=O) groups is 1. The van der Waals surface area contributed by atoms with Gasteiger partial charge in [-0.3, -0.25) is 4.79 Å². The molecule has 0 bridgehead atoms. The highest BCUT2D eigenvalue weighted by molar-refractivity contribution is 7.95. The fourth-order valence-electron chi connectivity index (χ4n) is 1.81. The molecule has 0 saturated heterocycles. The average molecular weight is 325 g/mol. The maximum Gasteiger partial charge on any atom is 0.308 e. The summed E-state index contributed by atoms with van der Waals surface area (Å²) in [5.41, 5.74) is 5.24. The van der Waals surface area contributed by atoms with Gasteiger partial charge in [-0.25, -0.2) is 8.42 Å². The molecule has 0 spiro atoms. The van der Waals surface area contributed by atoms with Crippen LogP contribution in [-0.4, -0.2) is 26.0 Å². The summed E-state index contributed by atoms with van der Waals surface area (Å²) in [5.74, 6) is -0.457. The van der Waals surface area contributed by atoms with Gasteiger partial charge in [0, 0.05) is 10.9 Å². The summed E-state index contributed by atoms with van der Waals surface area (Å²) >= 11 is 0. The number of benzene rings is 1. The topological polar surface area (TPSA) is 86.5 Å². The second kappa shape index (κ2) is 7.07. The van der Waals surface area contributed by atoms with Crippen molar-refractivity contribution < 1.29 is 17.9 Å². The minimum absolute atomic E-state index is 0.0705. The smallest absolute Gasteiger partial charge is 0.308 e. The molecule has 0 fully saturated rings. The number of allylic oxidation sites excluding steroid dienone is 1. The van der Waals surface area contributed by atoms with Gasteiger partial charge in [0.1, 0.15) is 5.60 Å². The van der Waals surface area contributed by atoms with Crippen LogP contribution in [-0.2, 0) is 19.4 Å². The van der Waals surface area contributed by atoms with E-state index in [1.807, 2.05) is 0 Å². The Morgan fingerprint density at radius 1 is 1.27 bits per heavy atom. The molecule has 0 aliphatic heterocycles. The number of ether oxygens (including phenoxy) is 1. The molecule has 1 aromatic carbocycles. The Labute approximate surface area is 132 Å². The third kappa shape index (κ3) is 5.61. The molecule has 122 valence electrons. The van der Waals surface area contributed by atoms with E-state index in [4.69, 9.17) is 10.5 Å². The van der Waals surface area contributed by atoms with Crippen LogP contribution in [0.25, 0.3) is 0 Å². The van der Waals surface area contributed by atoms with Crippen LogP contribution < -0.4 is 5.73 Å². The molecule has 5 nitrogen and oxygen atoms in total. The van der Waals surface area contributed by atoms with E-state index in [9.17, 15) is 13.2 Å². The van der Waals surface area contributed by atoms with Gasteiger partial charge in [-0.1, -0.05) is 24.3 Å². The lowest BCUT2D eigenvalue weighted by molar-refractivity contribution is -0.154. The number of carbonyl (C=O) groups excluding carboxylic acids is 1. The average Bonchev–Trinajstić information content (AvgIpc) is 2.36. The monoisotopic (exact) mass is 325 g/mol. The van der Waals surface area contributed by atoms with Crippen molar-refractivity contribution in [3.8, 4) is 0 Å². The Kier molecular flexibility index (Phi) is 5.91. The zero-order valence-corrected chi connectivity index (χ0v) is 14.2. The van der Waals surface area contributed by atoms with Crippen LogP contribution in [0.4, 0.5) is 0 Å². The van der Waals surface area contributed by atoms with Crippen LogP contribution in [0.1, 0.15) is 34.1 Å². The Balaban J connectivity index is 2.82. The van der Waals surface area contributed by atoms with E-state index in [1.54, 1.807) is 39.0 Å². The van der Waals surface area contributed by atoms with Gasteiger partial charge < -0.3 is 10.5 Å². The fraction of sp³-hybridized carbons (Fsp3) is 0.438. The summed E-state index contributed by atoms with van der Waals surface area (Å²) in [6.07, 6.45) is 1.31. The molecular formula is C16H23NO4S. The molecule has 1 aromatic rings. The van der Waals surface area contributed by atoms with Crippen molar-refractivity contribution in [2.75, 3.05) is 0 Å². The summed E-state index contributed by atoms with van der Waals surface area (Å²) in [6.45, 7) is 6.75. The Morgan fingerprint density at radius 2 is 1.82 bits per heavy atom. The van der Waals surface area contributed by atoms with Crippen molar-refractivity contribution in [3.63, 3.8) is 0 Å². The SMILES string of the molecule is C/C(=C\[C@@H](N)CC(=O)OC(C)(C)C)S(=O)(=O)c1ccccc1. The molecule has 0 unspecified atom stereocenters. The molecule has 0 aliphatic carbocycles. The lowest BCUT2D eigenvalue weighted by Crippen LogP contribution is -2.29. The van der Waals surface area contributed by atoms with Crippen LogP contribution in [0.2, 0.25) is 0 Å². The van der Waals surface area contributed by atoms with E-state index in [0.717, 1.165) is 0 Å². The second-order valence-electron chi connectivity index (χ2n) is 6.05. The predicted octanol–water partition coefficient (Wildman–Crippen LogP) is 2.42. The van der Waals surface area contributed by atoms with E-state index in [2.05, 4.69) is 0 Å². The van der Waals surface area contributed by atoms with Crippen molar-refractivity contribution in [3.05, 3.63) is 41.3 Å². The first-order chi connectivity index (χ1) is 10.0. The van der Waals surface area contributed by atoms with Crippen molar-refractivity contribution in [2.24, 2.45) is 5.73 Å². The summed E-state index contributed by atoms with van der Waals surface area (Å²) in [5, 5.41) is 0. The first kappa shape index (κ1) is 18.4. The zero-order chi connectivity index (χ0) is 17.0. The predicted molar refractivity (Wildman–Crippen MR) is 85.8 cm³/mol. The summed E-state index contributed by atoms with van der Waals surface area (Å²) in [7, 11) is -3.58. The van der Waals surface area contributed by atoms with E-state index in [-0.39, 0.29) is 16.2 Å². The maximum atomic E-state index is 12.3. The second-order valence-corrected chi connectivity index (χ2v) is 8.17. The molecule has 0 radical (unpaired) electrons. The molecule has 1 atom stereocenters. The van der Waals surface area contributed by atoms with Crippen LogP contribution in [0.3, 0.4) is 0 Å². The molecule has 0 aromatic heterocycles. The first-order valence-corrected chi connectivity index (χ1v) is 8.46. The van der Waals surface area contributed by atoms with Gasteiger partial charge in [-0.15, -0.1) is 0 Å². The number of hydrogen-bond acceptors (Lipinski definition) is 5. The van der Waals surface area contributed by atoms with Crippen molar-refractivity contribution >= 4 is 15.8 Å². The Hall–Kier alpha value is -1.66. The van der Waals surface area contributed by atoms with E-state index < -0.39 is 27.4 Å². The number of nitrogens with two attached hydrogens (primary N) is 1. The first-order valence-electron chi connectivity index (χ1n) is 6.98.